The molecule has 21 heavy (non-hydrogen) atoms. The molecule has 0 saturated heterocycles. The second-order valence-electron chi connectivity index (χ2n) is 4.76. The quantitative estimate of drug-likeness (QED) is 0.857. The van der Waals surface area contributed by atoms with Crippen molar-refractivity contribution in [3.8, 4) is 0 Å². The van der Waals surface area contributed by atoms with Crippen molar-refractivity contribution in [1.29, 1.82) is 0 Å². The summed E-state index contributed by atoms with van der Waals surface area (Å²) in [6, 6.07) is 11.3. The van der Waals surface area contributed by atoms with Crippen LogP contribution in [-0.4, -0.2) is 14.7 Å². The van der Waals surface area contributed by atoms with Gasteiger partial charge in [-0.15, -0.1) is 0 Å². The third-order valence-corrected chi connectivity index (χ3v) is 4.63. The van der Waals surface area contributed by atoms with Crippen LogP contribution >= 0.6 is 11.6 Å². The van der Waals surface area contributed by atoms with Crippen LogP contribution in [0.3, 0.4) is 0 Å². The van der Waals surface area contributed by atoms with Crippen molar-refractivity contribution >= 4 is 27.3 Å². The minimum absolute atomic E-state index is 0.144. The summed E-state index contributed by atoms with van der Waals surface area (Å²) in [7, 11) is -3.56. The molecule has 2 aromatic carbocycles. The minimum Gasteiger partial charge on any atom is -0.266 e. The van der Waals surface area contributed by atoms with Gasteiger partial charge in [-0.2, -0.15) is 0 Å². The highest BCUT2D eigenvalue weighted by Gasteiger charge is 2.22. The molecule has 0 fully saturated rings. The van der Waals surface area contributed by atoms with Gasteiger partial charge in [0.05, 0.1) is 18.5 Å². The van der Waals surface area contributed by atoms with Crippen LogP contribution < -0.4 is 4.31 Å². The van der Waals surface area contributed by atoms with Crippen molar-refractivity contribution in [3.63, 3.8) is 0 Å². The standard InChI is InChI=1S/C15H15ClFNO2S/c1-11-6-3-4-9-15(11)18(21(2,19)20)10-12-13(16)7-5-8-14(12)17/h3-9H,10H2,1-2H3. The molecule has 0 aromatic heterocycles. The Bertz CT molecular complexity index is 742. The fourth-order valence-electron chi connectivity index (χ4n) is 2.05. The first-order valence-corrected chi connectivity index (χ1v) is 8.49. The lowest BCUT2D eigenvalue weighted by Crippen LogP contribution is -2.30. The van der Waals surface area contributed by atoms with Crippen molar-refractivity contribution < 1.29 is 12.8 Å². The maximum atomic E-state index is 13.9. The van der Waals surface area contributed by atoms with Gasteiger partial charge < -0.3 is 0 Å². The van der Waals surface area contributed by atoms with E-state index in [1.54, 1.807) is 25.1 Å². The van der Waals surface area contributed by atoms with Gasteiger partial charge in [0, 0.05) is 10.6 Å². The Balaban J connectivity index is 2.52. The van der Waals surface area contributed by atoms with Gasteiger partial charge in [-0.1, -0.05) is 35.9 Å². The van der Waals surface area contributed by atoms with Gasteiger partial charge in [-0.25, -0.2) is 12.8 Å². The maximum Gasteiger partial charge on any atom is 0.232 e. The van der Waals surface area contributed by atoms with Crippen LogP contribution in [0.5, 0.6) is 0 Å². The Hall–Kier alpha value is -1.59. The first-order chi connectivity index (χ1) is 9.80. The average Bonchev–Trinajstić information content (AvgIpc) is 2.38. The summed E-state index contributed by atoms with van der Waals surface area (Å²) < 4.78 is 39.2. The molecule has 2 rings (SSSR count). The van der Waals surface area contributed by atoms with Crippen molar-refractivity contribution in [2.24, 2.45) is 0 Å². The number of para-hydroxylation sites is 1. The summed E-state index contributed by atoms with van der Waals surface area (Å²) in [5, 5.41) is 0.206. The zero-order chi connectivity index (χ0) is 15.6. The average molecular weight is 328 g/mol. The van der Waals surface area contributed by atoms with E-state index in [2.05, 4.69) is 0 Å². The van der Waals surface area contributed by atoms with E-state index in [9.17, 15) is 12.8 Å². The second kappa shape index (κ2) is 6.03. The van der Waals surface area contributed by atoms with E-state index >= 15 is 0 Å². The molecule has 112 valence electrons. The van der Waals surface area contributed by atoms with Crippen molar-refractivity contribution in [3.05, 3.63) is 64.4 Å². The number of hydrogen-bond donors (Lipinski definition) is 0. The Morgan fingerprint density at radius 1 is 1.14 bits per heavy atom. The predicted octanol–water partition coefficient (Wildman–Crippen LogP) is 3.75. The largest absolute Gasteiger partial charge is 0.266 e. The van der Waals surface area contributed by atoms with Crippen LogP contribution in [0.2, 0.25) is 5.02 Å². The lowest BCUT2D eigenvalue weighted by atomic mass is 10.1. The number of nitrogens with zero attached hydrogens (tertiary/aromatic N) is 1. The monoisotopic (exact) mass is 327 g/mol. The number of aryl methyl sites for hydroxylation is 1. The van der Waals surface area contributed by atoms with E-state index < -0.39 is 15.8 Å². The normalized spacial score (nSPS) is 11.4. The van der Waals surface area contributed by atoms with Crippen LogP contribution in [0, 0.1) is 12.7 Å². The Morgan fingerprint density at radius 3 is 2.38 bits per heavy atom. The van der Waals surface area contributed by atoms with Gasteiger partial charge in [0.25, 0.3) is 0 Å². The van der Waals surface area contributed by atoms with Gasteiger partial charge in [-0.3, -0.25) is 4.31 Å². The number of hydrogen-bond acceptors (Lipinski definition) is 2. The Kier molecular flexibility index (Phi) is 4.54. The van der Waals surface area contributed by atoms with E-state index in [4.69, 9.17) is 11.6 Å². The predicted molar refractivity (Wildman–Crippen MR) is 83.6 cm³/mol. The Morgan fingerprint density at radius 2 is 1.81 bits per heavy atom. The molecule has 0 N–H and O–H groups in total. The van der Waals surface area contributed by atoms with Gasteiger partial charge in [0.15, 0.2) is 0 Å². The van der Waals surface area contributed by atoms with Crippen molar-refractivity contribution in [2.45, 2.75) is 13.5 Å². The van der Waals surface area contributed by atoms with E-state index in [-0.39, 0.29) is 17.1 Å². The van der Waals surface area contributed by atoms with Crippen LogP contribution in [0.4, 0.5) is 10.1 Å². The van der Waals surface area contributed by atoms with Crippen LogP contribution in [0.1, 0.15) is 11.1 Å². The molecule has 0 radical (unpaired) electrons. The van der Waals surface area contributed by atoms with Crippen LogP contribution in [0.15, 0.2) is 42.5 Å². The minimum atomic E-state index is -3.56. The van der Waals surface area contributed by atoms with Crippen molar-refractivity contribution in [1.82, 2.24) is 0 Å². The lowest BCUT2D eigenvalue weighted by Gasteiger charge is -2.24. The van der Waals surface area contributed by atoms with E-state index in [1.165, 1.54) is 18.2 Å². The molecule has 6 heteroatoms. The molecule has 0 aliphatic carbocycles. The molecule has 0 unspecified atom stereocenters. The van der Waals surface area contributed by atoms with E-state index in [1.807, 2.05) is 6.07 Å². The molecule has 0 bridgehead atoms. The molecule has 0 spiro atoms. The highest BCUT2D eigenvalue weighted by molar-refractivity contribution is 7.92. The number of anilines is 1. The molecular formula is C15H15ClFNO2S. The molecule has 0 atom stereocenters. The molecule has 2 aromatic rings. The topological polar surface area (TPSA) is 37.4 Å². The smallest absolute Gasteiger partial charge is 0.232 e. The summed E-state index contributed by atoms with van der Waals surface area (Å²) in [5.41, 5.74) is 1.46. The molecule has 0 aliphatic rings. The van der Waals surface area contributed by atoms with Crippen LogP contribution in [-0.2, 0) is 16.6 Å². The van der Waals surface area contributed by atoms with Gasteiger partial charge in [0.2, 0.25) is 10.0 Å². The molecule has 0 amide bonds. The SMILES string of the molecule is Cc1ccccc1N(Cc1c(F)cccc1Cl)S(C)(=O)=O. The van der Waals surface area contributed by atoms with E-state index in [0.717, 1.165) is 16.1 Å². The van der Waals surface area contributed by atoms with Gasteiger partial charge in [-0.05, 0) is 30.7 Å². The number of halogens is 2. The third kappa shape index (κ3) is 3.54. The fraction of sp³-hybridized carbons (Fsp3) is 0.200. The maximum absolute atomic E-state index is 13.9. The summed E-state index contributed by atoms with van der Waals surface area (Å²) in [4.78, 5) is 0. The highest BCUT2D eigenvalue weighted by atomic mass is 35.5. The molecule has 0 heterocycles. The summed E-state index contributed by atoms with van der Waals surface area (Å²) in [5.74, 6) is -0.523. The fourth-order valence-corrected chi connectivity index (χ4v) is 3.20. The van der Waals surface area contributed by atoms with Gasteiger partial charge >= 0.3 is 0 Å². The van der Waals surface area contributed by atoms with Crippen molar-refractivity contribution in [2.75, 3.05) is 10.6 Å². The number of rotatable bonds is 4. The molecule has 3 nitrogen and oxygen atoms in total. The van der Waals surface area contributed by atoms with Crippen LogP contribution in [0.25, 0.3) is 0 Å². The first-order valence-electron chi connectivity index (χ1n) is 6.27. The second-order valence-corrected chi connectivity index (χ2v) is 7.07. The number of sulfonamides is 1. The van der Waals surface area contributed by atoms with Gasteiger partial charge in [0.1, 0.15) is 5.82 Å². The molecule has 0 aliphatic heterocycles. The zero-order valence-corrected chi connectivity index (χ0v) is 13.2. The van der Waals surface area contributed by atoms with E-state index in [0.29, 0.717) is 5.69 Å². The molecule has 0 saturated carbocycles. The lowest BCUT2D eigenvalue weighted by molar-refractivity contribution is 0.590. The Labute approximate surface area is 129 Å². The third-order valence-electron chi connectivity index (χ3n) is 3.15. The summed E-state index contributed by atoms with van der Waals surface area (Å²) >= 11 is 5.99. The highest BCUT2D eigenvalue weighted by Crippen LogP contribution is 2.27. The zero-order valence-electron chi connectivity index (χ0n) is 11.7. The number of benzene rings is 2. The summed E-state index contributed by atoms with van der Waals surface area (Å²) in [6.45, 7) is 1.66. The molecular weight excluding hydrogens is 313 g/mol. The summed E-state index contributed by atoms with van der Waals surface area (Å²) in [6.07, 6.45) is 1.09. The first kappa shape index (κ1) is 15.8.